The lowest BCUT2D eigenvalue weighted by atomic mass is 10.5. The lowest BCUT2D eigenvalue weighted by Crippen LogP contribution is -2.13. The van der Waals surface area contributed by atoms with Gasteiger partial charge in [-0.1, -0.05) is 0 Å². The first-order valence-corrected chi connectivity index (χ1v) is 3.03. The van der Waals surface area contributed by atoms with Crippen molar-refractivity contribution in [2.75, 3.05) is 12.3 Å². The molecule has 1 aliphatic heterocycles. The van der Waals surface area contributed by atoms with Gasteiger partial charge in [0.05, 0.1) is 0 Å². The highest BCUT2D eigenvalue weighted by Crippen LogP contribution is 2.19. The molecule has 0 aliphatic carbocycles. The molecule has 0 bridgehead atoms. The van der Waals surface area contributed by atoms with E-state index in [1.807, 2.05) is 0 Å². The third-order valence-corrected chi connectivity index (χ3v) is 1.93. The number of carbonyl (C=O) groups is 1. The van der Waals surface area contributed by atoms with Crippen LogP contribution in [-0.4, -0.2) is 18.1 Å². The van der Waals surface area contributed by atoms with Crippen molar-refractivity contribution >= 4 is 14.4 Å². The summed E-state index contributed by atoms with van der Waals surface area (Å²) in [5.74, 6) is 0.448. The molecule has 1 rings (SSSR count). The van der Waals surface area contributed by atoms with Crippen LogP contribution in [0.3, 0.4) is 0 Å². The molecular weight excluding hydrogens is 83.0 g/mol. The second kappa shape index (κ2) is 1.06. The molecule has 28 valence electrons. The van der Waals surface area contributed by atoms with Crippen LogP contribution in [0.15, 0.2) is 0 Å². The van der Waals surface area contributed by atoms with E-state index in [4.69, 9.17) is 0 Å². The topological polar surface area (TPSA) is 17.1 Å². The van der Waals surface area contributed by atoms with Gasteiger partial charge in [-0.15, -0.1) is 8.58 Å². The molecule has 0 unspecified atom stereocenters. The summed E-state index contributed by atoms with van der Waals surface area (Å²) in [5, 5.41) is 0. The molecule has 1 heterocycles. The summed E-state index contributed by atoms with van der Waals surface area (Å²) in [4.78, 5) is 9.91. The zero-order valence-corrected chi connectivity index (χ0v) is 3.82. The molecule has 0 saturated carbocycles. The zero-order chi connectivity index (χ0) is 3.70. The summed E-state index contributed by atoms with van der Waals surface area (Å²) >= 11 is 0. The molecule has 0 N–H and O–H groups in total. The Bertz CT molecular complexity index is 53.9. The van der Waals surface area contributed by atoms with Gasteiger partial charge in [0.2, 0.25) is 0 Å². The highest BCUT2D eigenvalue weighted by Gasteiger charge is 2.09. The molecule has 0 atom stereocenters. The number of hydrogen-bond acceptors (Lipinski definition) is 1. The fourth-order valence-electron chi connectivity index (χ4n) is 0.227. The smallest absolute Gasteiger partial charge is 0.140 e. The molecule has 1 nitrogen and oxygen atoms in total. The molecule has 5 heavy (non-hydrogen) atoms. The van der Waals surface area contributed by atoms with E-state index in [9.17, 15) is 4.79 Å². The van der Waals surface area contributed by atoms with Crippen molar-refractivity contribution in [3.05, 3.63) is 0 Å². The lowest BCUT2D eigenvalue weighted by Gasteiger charge is -2.05. The maximum Gasteiger partial charge on any atom is 0.140 e. The Morgan fingerprint density at radius 2 is 2.00 bits per heavy atom. The van der Waals surface area contributed by atoms with E-state index in [1.54, 1.807) is 0 Å². The van der Waals surface area contributed by atoms with E-state index in [0.717, 1.165) is 20.9 Å². The van der Waals surface area contributed by atoms with Crippen molar-refractivity contribution in [2.24, 2.45) is 0 Å². The average Bonchev–Trinajstić information content (AvgIpc) is 1.30. The summed E-state index contributed by atoms with van der Waals surface area (Å²) in [6, 6.07) is 0. The van der Waals surface area contributed by atoms with E-state index in [0.29, 0.717) is 5.78 Å². The van der Waals surface area contributed by atoms with E-state index in [1.165, 1.54) is 0 Å². The largest absolute Gasteiger partial charge is 0.299 e. The number of Topliss-reactive ketones (excluding diaryl/α,β-unsaturated/α-hetero) is 1. The first-order valence-electron chi connectivity index (χ1n) is 1.62. The molecule has 2 heteroatoms. The van der Waals surface area contributed by atoms with Gasteiger partial charge in [-0.2, -0.15) is 0 Å². The minimum absolute atomic E-state index is 0.448. The van der Waals surface area contributed by atoms with Crippen molar-refractivity contribution in [1.29, 1.82) is 0 Å². The van der Waals surface area contributed by atoms with Gasteiger partial charge in [-0.3, -0.25) is 4.79 Å². The Hall–Kier alpha value is 0.100. The fraction of sp³-hybridized carbons (Fsp3) is 0.667. The quantitative estimate of drug-likeness (QED) is 0.388. The first kappa shape index (κ1) is 3.30. The molecule has 1 fully saturated rings. The van der Waals surface area contributed by atoms with Crippen LogP contribution >= 0.6 is 8.58 Å². The predicted octanol–water partition coefficient (Wildman–Crippen LogP) is 0.248. The molecule has 0 aromatic heterocycles. The van der Waals surface area contributed by atoms with Crippen molar-refractivity contribution in [2.45, 2.75) is 0 Å². The van der Waals surface area contributed by atoms with Crippen LogP contribution in [-0.2, 0) is 4.79 Å². The van der Waals surface area contributed by atoms with Crippen molar-refractivity contribution in [1.82, 2.24) is 0 Å². The minimum Gasteiger partial charge on any atom is -0.299 e. The number of carbonyl (C=O) groups excluding carboxylic acids is 1. The van der Waals surface area contributed by atoms with Crippen LogP contribution in [0.4, 0.5) is 0 Å². The summed E-state index contributed by atoms with van der Waals surface area (Å²) < 4.78 is 0. The monoisotopic (exact) mass is 88.0 g/mol. The third-order valence-electron chi connectivity index (χ3n) is 0.644. The fourth-order valence-corrected chi connectivity index (χ4v) is 0.681. The van der Waals surface area contributed by atoms with Gasteiger partial charge in [-0.25, -0.2) is 0 Å². The Labute approximate surface area is 32.5 Å². The molecule has 1 aliphatic rings. The molecule has 0 aromatic rings. The van der Waals surface area contributed by atoms with Gasteiger partial charge in [0.15, 0.2) is 0 Å². The summed E-state index contributed by atoms with van der Waals surface area (Å²) in [6.45, 7) is 0. The second-order valence-corrected chi connectivity index (χ2v) is 2.35. The van der Waals surface area contributed by atoms with Crippen LogP contribution in [0.2, 0.25) is 0 Å². The molecule has 0 radical (unpaired) electrons. The van der Waals surface area contributed by atoms with E-state index in [2.05, 4.69) is 0 Å². The van der Waals surface area contributed by atoms with Gasteiger partial charge in [0, 0.05) is 12.3 Å². The SMILES string of the molecule is O=C1CPC1. The maximum absolute atomic E-state index is 9.91. The molecule has 0 amide bonds. The van der Waals surface area contributed by atoms with E-state index >= 15 is 0 Å². The Morgan fingerprint density at radius 1 is 1.60 bits per heavy atom. The highest BCUT2D eigenvalue weighted by molar-refractivity contribution is 7.44. The summed E-state index contributed by atoms with van der Waals surface area (Å²) in [6.07, 6.45) is 1.75. The average molecular weight is 88.0 g/mol. The van der Waals surface area contributed by atoms with E-state index in [-0.39, 0.29) is 0 Å². The standard InChI is InChI=1S/C3H5OP/c4-3-1-5-2-3/h5H,1-2H2. The Balaban J connectivity index is 2.32. The summed E-state index contributed by atoms with van der Waals surface area (Å²) in [7, 11) is 0.952. The zero-order valence-electron chi connectivity index (χ0n) is 2.82. The predicted molar refractivity (Wildman–Crippen MR) is 23.1 cm³/mol. The van der Waals surface area contributed by atoms with Gasteiger partial charge in [0.25, 0.3) is 0 Å². The van der Waals surface area contributed by atoms with Gasteiger partial charge >= 0.3 is 0 Å². The van der Waals surface area contributed by atoms with Crippen LogP contribution in [0.25, 0.3) is 0 Å². The van der Waals surface area contributed by atoms with Crippen molar-refractivity contribution in [3.8, 4) is 0 Å². The van der Waals surface area contributed by atoms with Gasteiger partial charge in [0.1, 0.15) is 5.78 Å². The molecule has 1 saturated heterocycles. The van der Waals surface area contributed by atoms with Crippen LogP contribution in [0.5, 0.6) is 0 Å². The van der Waals surface area contributed by atoms with E-state index < -0.39 is 0 Å². The highest BCUT2D eigenvalue weighted by atomic mass is 31.1. The van der Waals surface area contributed by atoms with Crippen LogP contribution in [0.1, 0.15) is 0 Å². The normalized spacial score (nSPS) is 22.0. The second-order valence-electron chi connectivity index (χ2n) is 1.14. The molecular formula is C3H5OP. The number of rotatable bonds is 0. The molecule has 0 spiro atoms. The Kier molecular flexibility index (Phi) is 0.698. The Morgan fingerprint density at radius 3 is 2.00 bits per heavy atom. The minimum atomic E-state index is 0.448. The first-order chi connectivity index (χ1) is 2.39. The molecule has 0 aromatic carbocycles. The van der Waals surface area contributed by atoms with Crippen molar-refractivity contribution < 1.29 is 4.79 Å². The number of ketones is 1. The number of hydrogen-bond donors (Lipinski definition) is 0. The van der Waals surface area contributed by atoms with Gasteiger partial charge in [-0.05, 0) is 0 Å². The maximum atomic E-state index is 9.91. The lowest BCUT2D eigenvalue weighted by molar-refractivity contribution is -0.115. The van der Waals surface area contributed by atoms with Crippen LogP contribution in [0, 0.1) is 0 Å². The van der Waals surface area contributed by atoms with Crippen LogP contribution < -0.4 is 0 Å². The third kappa shape index (κ3) is 0.486. The summed E-state index contributed by atoms with van der Waals surface area (Å²) in [5.41, 5.74) is 0. The van der Waals surface area contributed by atoms with Gasteiger partial charge < -0.3 is 0 Å². The van der Waals surface area contributed by atoms with Crippen molar-refractivity contribution in [3.63, 3.8) is 0 Å².